The molecule has 0 aromatic rings. The third-order valence-electron chi connectivity index (χ3n) is 1.06. The molecule has 55 valence electrons. The molecule has 0 aliphatic carbocycles. The van der Waals surface area contributed by atoms with Crippen LogP contribution in [-0.4, -0.2) is 24.3 Å². The smallest absolute Gasteiger partial charge is 0.234 e. The molecule has 1 fully saturated rings. The summed E-state index contributed by atoms with van der Waals surface area (Å²) in [7, 11) is 0. The molecule has 0 bridgehead atoms. The second kappa shape index (κ2) is 3.28. The summed E-state index contributed by atoms with van der Waals surface area (Å²) in [6, 6.07) is 0. The SMILES string of the molecule is O=[N+]([O-])C=CC1[N]CCO1. The van der Waals surface area contributed by atoms with Crippen molar-refractivity contribution in [2.45, 2.75) is 6.23 Å². The predicted octanol–water partition coefficient (Wildman–Crippen LogP) is -0.263. The highest BCUT2D eigenvalue weighted by Gasteiger charge is 2.12. The first-order valence-corrected chi connectivity index (χ1v) is 2.89. The Morgan fingerprint density at radius 3 is 3.10 bits per heavy atom. The summed E-state index contributed by atoms with van der Waals surface area (Å²) in [4.78, 5) is 9.25. The van der Waals surface area contributed by atoms with Crippen molar-refractivity contribution in [3.8, 4) is 0 Å². The second-order valence-corrected chi connectivity index (χ2v) is 1.79. The van der Waals surface area contributed by atoms with Crippen LogP contribution >= 0.6 is 0 Å². The van der Waals surface area contributed by atoms with Crippen LogP contribution in [-0.2, 0) is 4.74 Å². The highest BCUT2D eigenvalue weighted by molar-refractivity contribution is 4.84. The summed E-state index contributed by atoms with van der Waals surface area (Å²) in [5.74, 6) is 0. The van der Waals surface area contributed by atoms with Gasteiger partial charge in [0.2, 0.25) is 6.20 Å². The van der Waals surface area contributed by atoms with Crippen LogP contribution in [0.3, 0.4) is 0 Å². The lowest BCUT2D eigenvalue weighted by Gasteiger charge is -1.96. The van der Waals surface area contributed by atoms with E-state index in [1.165, 1.54) is 6.08 Å². The van der Waals surface area contributed by atoms with Gasteiger partial charge in [0, 0.05) is 12.6 Å². The molecule has 1 heterocycles. The molecule has 0 aromatic carbocycles. The van der Waals surface area contributed by atoms with Crippen molar-refractivity contribution in [2.75, 3.05) is 13.2 Å². The number of ether oxygens (including phenoxy) is 1. The van der Waals surface area contributed by atoms with Crippen LogP contribution < -0.4 is 5.32 Å². The zero-order valence-electron chi connectivity index (χ0n) is 5.27. The van der Waals surface area contributed by atoms with Crippen LogP contribution in [0.15, 0.2) is 12.3 Å². The molecule has 0 amide bonds. The van der Waals surface area contributed by atoms with Gasteiger partial charge in [-0.3, -0.25) is 10.1 Å². The molecular weight excluding hydrogens is 136 g/mol. The molecule has 1 rings (SSSR count). The maximum Gasteiger partial charge on any atom is 0.234 e. The summed E-state index contributed by atoms with van der Waals surface area (Å²) in [6.45, 7) is 1.19. The van der Waals surface area contributed by atoms with Crippen LogP contribution in [0.5, 0.6) is 0 Å². The van der Waals surface area contributed by atoms with Crippen molar-refractivity contribution in [3.63, 3.8) is 0 Å². The van der Waals surface area contributed by atoms with E-state index in [4.69, 9.17) is 4.74 Å². The molecule has 1 aliphatic rings. The first-order valence-electron chi connectivity index (χ1n) is 2.89. The van der Waals surface area contributed by atoms with Gasteiger partial charge in [-0.1, -0.05) is 0 Å². The van der Waals surface area contributed by atoms with Gasteiger partial charge in [0.1, 0.15) is 6.23 Å². The Morgan fingerprint density at radius 1 is 1.80 bits per heavy atom. The molecule has 0 aromatic heterocycles. The third-order valence-corrected chi connectivity index (χ3v) is 1.06. The predicted molar refractivity (Wildman–Crippen MR) is 32.9 cm³/mol. The van der Waals surface area contributed by atoms with E-state index in [1.807, 2.05) is 0 Å². The van der Waals surface area contributed by atoms with Crippen molar-refractivity contribution >= 4 is 0 Å². The van der Waals surface area contributed by atoms with E-state index in [0.717, 1.165) is 6.20 Å². The third kappa shape index (κ3) is 2.12. The molecule has 5 heteroatoms. The zero-order chi connectivity index (χ0) is 7.40. The van der Waals surface area contributed by atoms with Gasteiger partial charge in [0.15, 0.2) is 0 Å². The number of hydrogen-bond acceptors (Lipinski definition) is 3. The Hall–Kier alpha value is -0.940. The lowest BCUT2D eigenvalue weighted by molar-refractivity contribution is -0.403. The Kier molecular flexibility index (Phi) is 2.35. The summed E-state index contributed by atoms with van der Waals surface area (Å²) in [5.41, 5.74) is 0. The van der Waals surface area contributed by atoms with E-state index in [2.05, 4.69) is 5.32 Å². The van der Waals surface area contributed by atoms with Gasteiger partial charge in [-0.15, -0.1) is 0 Å². The summed E-state index contributed by atoms with van der Waals surface area (Å²) >= 11 is 0. The van der Waals surface area contributed by atoms with Gasteiger partial charge in [-0.05, 0) is 0 Å². The first kappa shape index (κ1) is 7.17. The summed E-state index contributed by atoms with van der Waals surface area (Å²) in [6.07, 6.45) is 1.78. The van der Waals surface area contributed by atoms with Gasteiger partial charge >= 0.3 is 0 Å². The van der Waals surface area contributed by atoms with E-state index in [-0.39, 0.29) is 0 Å². The van der Waals surface area contributed by atoms with Crippen LogP contribution in [0, 0.1) is 10.1 Å². The van der Waals surface area contributed by atoms with E-state index < -0.39 is 11.2 Å². The fraction of sp³-hybridized carbons (Fsp3) is 0.600. The molecule has 5 nitrogen and oxygen atoms in total. The standard InChI is InChI=1S/C5H7N2O3/c8-7(9)3-1-5-6-2-4-10-5/h1,3,5H,2,4H2. The minimum absolute atomic E-state index is 0.398. The average molecular weight is 143 g/mol. The van der Waals surface area contributed by atoms with Crippen molar-refractivity contribution in [2.24, 2.45) is 0 Å². The summed E-state index contributed by atoms with van der Waals surface area (Å²) < 4.78 is 4.95. The largest absolute Gasteiger partial charge is 0.357 e. The van der Waals surface area contributed by atoms with Crippen LogP contribution in [0.2, 0.25) is 0 Å². The lowest BCUT2D eigenvalue weighted by atomic mass is 10.5. The molecule has 0 saturated carbocycles. The average Bonchev–Trinajstić information content (AvgIpc) is 2.34. The van der Waals surface area contributed by atoms with Crippen molar-refractivity contribution in [3.05, 3.63) is 22.4 Å². The highest BCUT2D eigenvalue weighted by Crippen LogP contribution is 1.98. The number of nitrogens with zero attached hydrogens (tertiary/aromatic N) is 2. The summed E-state index contributed by atoms with van der Waals surface area (Å²) in [5, 5.41) is 13.7. The minimum atomic E-state index is -0.531. The molecule has 1 radical (unpaired) electrons. The maximum atomic E-state index is 9.78. The van der Waals surface area contributed by atoms with Crippen LogP contribution in [0.25, 0.3) is 0 Å². The minimum Gasteiger partial charge on any atom is -0.357 e. The van der Waals surface area contributed by atoms with Gasteiger partial charge in [0.05, 0.1) is 11.5 Å². The lowest BCUT2D eigenvalue weighted by Crippen LogP contribution is -2.12. The number of hydrogen-bond donors (Lipinski definition) is 0. The molecule has 1 aliphatic heterocycles. The quantitative estimate of drug-likeness (QED) is 0.395. The molecule has 0 spiro atoms. The molecule has 0 N–H and O–H groups in total. The fourth-order valence-corrected chi connectivity index (χ4v) is 0.666. The molecule has 1 atom stereocenters. The zero-order valence-corrected chi connectivity index (χ0v) is 5.27. The van der Waals surface area contributed by atoms with Gasteiger partial charge in [-0.25, -0.2) is 5.32 Å². The van der Waals surface area contributed by atoms with Gasteiger partial charge in [-0.2, -0.15) is 0 Å². The van der Waals surface area contributed by atoms with E-state index >= 15 is 0 Å². The normalized spacial score (nSPS) is 25.8. The van der Waals surface area contributed by atoms with E-state index in [1.54, 1.807) is 0 Å². The Labute approximate surface area is 57.8 Å². The van der Waals surface area contributed by atoms with Crippen LogP contribution in [0.4, 0.5) is 0 Å². The monoisotopic (exact) mass is 143 g/mol. The second-order valence-electron chi connectivity index (χ2n) is 1.79. The van der Waals surface area contributed by atoms with E-state index in [9.17, 15) is 10.1 Å². The van der Waals surface area contributed by atoms with Crippen LogP contribution in [0.1, 0.15) is 0 Å². The van der Waals surface area contributed by atoms with Crippen molar-refractivity contribution in [1.29, 1.82) is 0 Å². The highest BCUT2D eigenvalue weighted by atomic mass is 16.6. The molecular formula is C5H7N2O3. The molecule has 1 unspecified atom stereocenters. The Balaban J connectivity index is 2.29. The molecule has 1 saturated heterocycles. The molecule has 10 heavy (non-hydrogen) atoms. The van der Waals surface area contributed by atoms with Crippen molar-refractivity contribution < 1.29 is 9.66 Å². The maximum absolute atomic E-state index is 9.78. The topological polar surface area (TPSA) is 66.5 Å². The van der Waals surface area contributed by atoms with Gasteiger partial charge in [0.25, 0.3) is 0 Å². The van der Waals surface area contributed by atoms with E-state index in [0.29, 0.717) is 13.2 Å². The number of rotatable bonds is 2. The van der Waals surface area contributed by atoms with Gasteiger partial charge < -0.3 is 4.74 Å². The Bertz CT molecular complexity index is 151. The fourth-order valence-electron chi connectivity index (χ4n) is 0.666. The number of nitro groups is 1. The van der Waals surface area contributed by atoms with Crippen molar-refractivity contribution in [1.82, 2.24) is 5.32 Å². The Morgan fingerprint density at radius 2 is 2.60 bits per heavy atom. The first-order chi connectivity index (χ1) is 4.79.